The predicted molar refractivity (Wildman–Crippen MR) is 124 cm³/mol. The normalized spacial score (nSPS) is 15.0. The van der Waals surface area contributed by atoms with Gasteiger partial charge in [-0.3, -0.25) is 9.78 Å². The largest absolute Gasteiger partial charge is 0.369 e. The van der Waals surface area contributed by atoms with E-state index in [0.29, 0.717) is 5.56 Å². The van der Waals surface area contributed by atoms with Gasteiger partial charge in [-0.25, -0.2) is 4.98 Å². The first-order valence-electron chi connectivity index (χ1n) is 10.6. The van der Waals surface area contributed by atoms with E-state index >= 15 is 0 Å². The fraction of sp³-hybridized carbons (Fsp3) is 0.292. The second kappa shape index (κ2) is 7.67. The fourth-order valence-corrected chi connectivity index (χ4v) is 4.43. The number of pyridine rings is 1. The lowest BCUT2D eigenvalue weighted by Gasteiger charge is -2.34. The molecule has 1 aliphatic heterocycles. The van der Waals surface area contributed by atoms with Gasteiger partial charge in [0.1, 0.15) is 0 Å². The van der Waals surface area contributed by atoms with E-state index in [1.807, 2.05) is 19.1 Å². The maximum atomic E-state index is 12.4. The molecule has 0 bridgehead atoms. The Morgan fingerprint density at radius 3 is 2.48 bits per heavy atom. The van der Waals surface area contributed by atoms with E-state index in [-0.39, 0.29) is 5.78 Å². The van der Waals surface area contributed by atoms with Gasteiger partial charge >= 0.3 is 0 Å². The topological polar surface area (TPSA) is 80.9 Å². The van der Waals surface area contributed by atoms with E-state index < -0.39 is 0 Å². The van der Waals surface area contributed by atoms with Gasteiger partial charge in [0.2, 0.25) is 0 Å². The number of H-pyrrole nitrogens is 2. The molecule has 3 aromatic heterocycles. The number of hydrogen-bond donors (Lipinski definition) is 2. The van der Waals surface area contributed by atoms with Crippen LogP contribution in [0.3, 0.4) is 0 Å². The smallest absolute Gasteiger partial charge is 0.162 e. The molecule has 0 amide bonds. The predicted octanol–water partition coefficient (Wildman–Crippen LogP) is 3.88. The Balaban J connectivity index is 1.60. The number of hydrogen-bond acceptors (Lipinski definition) is 5. The van der Waals surface area contributed by atoms with Crippen LogP contribution in [0.2, 0.25) is 0 Å². The number of Topliss-reactive ketones (excluding diaryl/α,β-unsaturated/α-hetero) is 1. The average Bonchev–Trinajstić information content (AvgIpc) is 3.35. The van der Waals surface area contributed by atoms with Crippen molar-refractivity contribution in [2.75, 3.05) is 38.1 Å². The van der Waals surface area contributed by atoms with Gasteiger partial charge in [0, 0.05) is 61.1 Å². The Kier molecular flexibility index (Phi) is 4.82. The summed E-state index contributed by atoms with van der Waals surface area (Å²) in [5.74, 6) is 0.758. The summed E-state index contributed by atoms with van der Waals surface area (Å²) in [6.45, 7) is 7.71. The highest BCUT2D eigenvalue weighted by Crippen LogP contribution is 2.36. The summed E-state index contributed by atoms with van der Waals surface area (Å²) in [5.41, 5.74) is 7.27. The van der Waals surface area contributed by atoms with Crippen molar-refractivity contribution in [2.45, 2.75) is 13.8 Å². The summed E-state index contributed by atoms with van der Waals surface area (Å²) in [5, 5.41) is 0. The van der Waals surface area contributed by atoms with Crippen LogP contribution < -0.4 is 4.90 Å². The number of rotatable bonds is 4. The maximum absolute atomic E-state index is 12.4. The molecule has 31 heavy (non-hydrogen) atoms. The summed E-state index contributed by atoms with van der Waals surface area (Å²) in [4.78, 5) is 33.1. The Morgan fingerprint density at radius 1 is 1.03 bits per heavy atom. The van der Waals surface area contributed by atoms with Crippen molar-refractivity contribution in [3.05, 3.63) is 54.0 Å². The number of carbonyl (C=O) groups is 1. The number of aromatic amines is 2. The number of imidazole rings is 1. The number of nitrogens with one attached hydrogen (secondary N) is 2. The zero-order valence-corrected chi connectivity index (χ0v) is 18.1. The molecule has 158 valence electrons. The third-order valence-corrected chi connectivity index (χ3v) is 6.08. The molecule has 4 heterocycles. The lowest BCUT2D eigenvalue weighted by molar-refractivity contribution is 0.101. The molecule has 0 saturated carbocycles. The molecule has 4 aromatic rings. The minimum atomic E-state index is 0.0280. The van der Waals surface area contributed by atoms with Gasteiger partial charge in [0.15, 0.2) is 11.6 Å². The van der Waals surface area contributed by atoms with Crippen molar-refractivity contribution in [1.29, 1.82) is 0 Å². The molecule has 0 aliphatic carbocycles. The molecule has 0 spiro atoms. The molecule has 0 unspecified atom stereocenters. The quantitative estimate of drug-likeness (QED) is 0.495. The molecule has 1 aliphatic rings. The summed E-state index contributed by atoms with van der Waals surface area (Å²) < 4.78 is 0. The number of piperazine rings is 1. The van der Waals surface area contributed by atoms with Crippen molar-refractivity contribution in [1.82, 2.24) is 24.8 Å². The highest BCUT2D eigenvalue weighted by atomic mass is 16.1. The molecule has 0 radical (unpaired) electrons. The van der Waals surface area contributed by atoms with E-state index in [2.05, 4.69) is 50.0 Å². The van der Waals surface area contributed by atoms with E-state index in [9.17, 15) is 4.79 Å². The SMILES string of the molecule is CC(=O)c1c(C)[nH]c(-c2nc3ccc(N4CCN(C)CC4)cc3[nH]2)c1-c1ccncc1. The zero-order valence-electron chi connectivity index (χ0n) is 18.1. The molecular weight excluding hydrogens is 388 g/mol. The van der Waals surface area contributed by atoms with Crippen molar-refractivity contribution in [2.24, 2.45) is 0 Å². The number of aryl methyl sites for hydroxylation is 1. The Hall–Kier alpha value is -3.45. The maximum Gasteiger partial charge on any atom is 0.162 e. The van der Waals surface area contributed by atoms with Crippen LogP contribution in [-0.2, 0) is 0 Å². The van der Waals surface area contributed by atoms with Crippen LogP contribution in [0.4, 0.5) is 5.69 Å². The average molecular weight is 415 g/mol. The lowest BCUT2D eigenvalue weighted by atomic mass is 9.98. The van der Waals surface area contributed by atoms with E-state index in [1.165, 1.54) is 5.69 Å². The summed E-state index contributed by atoms with van der Waals surface area (Å²) in [6.07, 6.45) is 3.48. The molecule has 5 rings (SSSR count). The first-order chi connectivity index (χ1) is 15.0. The number of fused-ring (bicyclic) bond motifs is 1. The van der Waals surface area contributed by atoms with Crippen LogP contribution in [0.15, 0.2) is 42.7 Å². The van der Waals surface area contributed by atoms with Crippen molar-refractivity contribution in [3.63, 3.8) is 0 Å². The van der Waals surface area contributed by atoms with Crippen molar-refractivity contribution in [3.8, 4) is 22.6 Å². The molecule has 7 nitrogen and oxygen atoms in total. The van der Waals surface area contributed by atoms with Crippen LogP contribution in [0.1, 0.15) is 23.0 Å². The molecule has 1 fully saturated rings. The van der Waals surface area contributed by atoms with Gasteiger partial charge in [-0.2, -0.15) is 0 Å². The second-order valence-corrected chi connectivity index (χ2v) is 8.24. The first-order valence-corrected chi connectivity index (χ1v) is 10.6. The monoisotopic (exact) mass is 414 g/mol. The van der Waals surface area contributed by atoms with Crippen LogP contribution in [0, 0.1) is 6.92 Å². The van der Waals surface area contributed by atoms with E-state index in [1.54, 1.807) is 19.3 Å². The van der Waals surface area contributed by atoms with Gasteiger partial charge in [0.25, 0.3) is 0 Å². The Labute approximate surface area is 181 Å². The van der Waals surface area contributed by atoms with Gasteiger partial charge in [-0.05, 0) is 56.8 Å². The molecule has 2 N–H and O–H groups in total. The Morgan fingerprint density at radius 2 is 1.77 bits per heavy atom. The molecular formula is C24H26N6O. The van der Waals surface area contributed by atoms with E-state index in [4.69, 9.17) is 4.98 Å². The number of anilines is 1. The van der Waals surface area contributed by atoms with Gasteiger partial charge in [0.05, 0.1) is 16.7 Å². The zero-order chi connectivity index (χ0) is 21.5. The van der Waals surface area contributed by atoms with Crippen LogP contribution in [0.5, 0.6) is 0 Å². The number of nitrogens with zero attached hydrogens (tertiary/aromatic N) is 4. The Bertz CT molecular complexity index is 1250. The van der Waals surface area contributed by atoms with Gasteiger partial charge in [-0.15, -0.1) is 0 Å². The van der Waals surface area contributed by atoms with Crippen LogP contribution in [-0.4, -0.2) is 63.8 Å². The standard InChI is InChI=1S/C24H26N6O/c1-15-21(16(2)31)22(17-6-8-25-9-7-17)23(26-15)24-27-19-5-4-18(14-20(19)28-24)30-12-10-29(3)11-13-30/h4-9,14,26H,10-13H2,1-3H3,(H,27,28). The number of benzene rings is 1. The second-order valence-electron chi connectivity index (χ2n) is 8.24. The number of aromatic nitrogens is 4. The minimum absolute atomic E-state index is 0.0280. The van der Waals surface area contributed by atoms with Gasteiger partial charge in [-0.1, -0.05) is 0 Å². The third-order valence-electron chi connectivity index (χ3n) is 6.08. The van der Waals surface area contributed by atoms with Crippen molar-refractivity contribution < 1.29 is 4.79 Å². The number of likely N-dealkylation sites (N-methyl/N-ethyl adjacent to an activating group) is 1. The van der Waals surface area contributed by atoms with Crippen molar-refractivity contribution >= 4 is 22.5 Å². The summed E-state index contributed by atoms with van der Waals surface area (Å²) in [6, 6.07) is 10.2. The van der Waals surface area contributed by atoms with Crippen LogP contribution >= 0.6 is 0 Å². The molecule has 1 saturated heterocycles. The summed E-state index contributed by atoms with van der Waals surface area (Å²) in [7, 11) is 2.16. The lowest BCUT2D eigenvalue weighted by Crippen LogP contribution is -2.44. The first kappa shape index (κ1) is 19.5. The molecule has 7 heteroatoms. The highest BCUT2D eigenvalue weighted by molar-refractivity contribution is 6.05. The van der Waals surface area contributed by atoms with E-state index in [0.717, 1.165) is 65.6 Å². The van der Waals surface area contributed by atoms with Crippen LogP contribution in [0.25, 0.3) is 33.7 Å². The molecule has 1 aromatic carbocycles. The molecule has 0 atom stereocenters. The number of ketones is 1. The fourth-order valence-electron chi connectivity index (χ4n) is 4.43. The number of carbonyl (C=O) groups excluding carboxylic acids is 1. The van der Waals surface area contributed by atoms with Gasteiger partial charge < -0.3 is 19.8 Å². The third kappa shape index (κ3) is 3.51. The summed E-state index contributed by atoms with van der Waals surface area (Å²) >= 11 is 0. The highest BCUT2D eigenvalue weighted by Gasteiger charge is 2.23. The minimum Gasteiger partial charge on any atom is -0.369 e.